The largest absolute Gasteiger partial charge is 0.542 e. The molecule has 107 valence electrons. The molecule has 0 unspecified atom stereocenters. The van der Waals surface area contributed by atoms with Crippen LogP contribution in [0.4, 0.5) is 0 Å². The molecular weight excluding hydrogens is 252 g/mol. The molecule has 0 aliphatic rings. The summed E-state index contributed by atoms with van der Waals surface area (Å²) in [5, 5.41) is 9.69. The van der Waals surface area contributed by atoms with Gasteiger partial charge >= 0.3 is 0 Å². The summed E-state index contributed by atoms with van der Waals surface area (Å²) >= 11 is 0. The van der Waals surface area contributed by atoms with Crippen molar-refractivity contribution in [2.24, 2.45) is 0 Å². The van der Waals surface area contributed by atoms with Crippen LogP contribution in [0.25, 0.3) is 0 Å². The van der Waals surface area contributed by atoms with Gasteiger partial charge in [0, 0.05) is 0 Å². The molecule has 0 fully saturated rings. The molecule has 1 N–H and O–H groups in total. The molecule has 19 heavy (non-hydrogen) atoms. The molecule has 0 aliphatic heterocycles. The average Bonchev–Trinajstić information content (AvgIpc) is 2.22. The van der Waals surface area contributed by atoms with Gasteiger partial charge < -0.3 is 9.53 Å². The van der Waals surface area contributed by atoms with Gasteiger partial charge in [-0.25, -0.2) is 0 Å². The van der Waals surface area contributed by atoms with Crippen molar-refractivity contribution in [3.8, 4) is 5.75 Å². The maximum absolute atomic E-state index is 9.69. The second-order valence-corrected chi connectivity index (χ2v) is 8.50. The maximum atomic E-state index is 9.69. The van der Waals surface area contributed by atoms with Gasteiger partial charge in [0.25, 0.3) is 9.04 Å². The number of benzene rings is 1. The lowest BCUT2D eigenvalue weighted by Crippen LogP contribution is -2.21. The summed E-state index contributed by atoms with van der Waals surface area (Å²) in [4.78, 5) is 0. The molecule has 0 aromatic heterocycles. The van der Waals surface area contributed by atoms with Crippen LogP contribution in [-0.4, -0.2) is 14.1 Å². The second-order valence-electron chi connectivity index (χ2n) is 6.48. The molecule has 1 radical (unpaired) electrons. The monoisotopic (exact) mass is 279 g/mol. The summed E-state index contributed by atoms with van der Waals surface area (Å²) in [6, 6.07) is 0. The van der Waals surface area contributed by atoms with Gasteiger partial charge in [0.15, 0.2) is 0 Å². The summed E-state index contributed by atoms with van der Waals surface area (Å²) in [7, 11) is -0.811. The van der Waals surface area contributed by atoms with Crippen LogP contribution < -0.4 is 4.43 Å². The molecule has 0 atom stereocenters. The molecule has 0 amide bonds. The topological polar surface area (TPSA) is 29.5 Å². The third-order valence-corrected chi connectivity index (χ3v) is 4.16. The summed E-state index contributed by atoms with van der Waals surface area (Å²) in [6.07, 6.45) is 0. The number of rotatable bonds is 3. The summed E-state index contributed by atoms with van der Waals surface area (Å²) < 4.78 is 6.10. The van der Waals surface area contributed by atoms with Crippen LogP contribution >= 0.6 is 0 Å². The van der Waals surface area contributed by atoms with E-state index in [1.807, 2.05) is 0 Å². The molecule has 1 aromatic carbocycles. The van der Waals surface area contributed by atoms with Gasteiger partial charge in [-0.15, -0.1) is 0 Å². The zero-order valence-corrected chi connectivity index (χ0v) is 14.6. The van der Waals surface area contributed by atoms with Gasteiger partial charge in [-0.1, -0.05) is 20.8 Å². The highest BCUT2D eigenvalue weighted by atomic mass is 28.3. The third kappa shape index (κ3) is 3.21. The lowest BCUT2D eigenvalue weighted by Gasteiger charge is -2.30. The Kier molecular flexibility index (Phi) is 4.85. The van der Waals surface area contributed by atoms with Crippen molar-refractivity contribution in [3.63, 3.8) is 0 Å². The summed E-state index contributed by atoms with van der Waals surface area (Å²) in [5.74, 6) is 0.985. The Bertz CT molecular complexity index is 471. The molecule has 1 aromatic rings. The van der Waals surface area contributed by atoms with Gasteiger partial charge in [-0.05, 0) is 67.1 Å². The molecule has 1 rings (SSSR count). The van der Waals surface area contributed by atoms with Gasteiger partial charge in [0.05, 0.1) is 6.61 Å². The number of hydrogen-bond acceptors (Lipinski definition) is 2. The quantitative estimate of drug-likeness (QED) is 0.846. The van der Waals surface area contributed by atoms with E-state index in [0.717, 1.165) is 16.9 Å². The highest BCUT2D eigenvalue weighted by Crippen LogP contribution is 2.39. The van der Waals surface area contributed by atoms with Crippen LogP contribution in [0, 0.1) is 20.8 Å². The van der Waals surface area contributed by atoms with E-state index in [-0.39, 0.29) is 12.0 Å². The third-order valence-electron chi connectivity index (χ3n) is 3.55. The molecule has 0 bridgehead atoms. The number of aliphatic hydroxyl groups is 1. The SMILES string of the molecule is Cc1c(CO)c(C)c(C(C)(C)C)c(C)c1O[Si](C)C. The van der Waals surface area contributed by atoms with Crippen molar-refractivity contribution in [2.75, 3.05) is 0 Å². The van der Waals surface area contributed by atoms with Crippen LogP contribution in [0.3, 0.4) is 0 Å². The van der Waals surface area contributed by atoms with Crippen LogP contribution in [0.5, 0.6) is 5.75 Å². The first-order valence-electron chi connectivity index (χ1n) is 6.83. The predicted octanol–water partition coefficient (Wildman–Crippen LogP) is 4.03. The van der Waals surface area contributed by atoms with Crippen molar-refractivity contribution in [3.05, 3.63) is 27.8 Å². The number of hydrogen-bond donors (Lipinski definition) is 1. The molecule has 0 saturated carbocycles. The smallest absolute Gasteiger partial charge is 0.274 e. The summed E-state index contributed by atoms with van der Waals surface area (Å²) in [5.41, 5.74) is 5.91. The fraction of sp³-hybridized carbons (Fsp3) is 0.625. The molecule has 0 aliphatic carbocycles. The standard InChI is InChI=1S/C16H27O2Si/c1-10-13(9-17)11(2)15(18-19(7)8)12(3)14(10)16(4,5)6/h17H,9H2,1-8H3. The van der Waals surface area contributed by atoms with E-state index in [1.165, 1.54) is 16.7 Å². The molecule has 0 spiro atoms. The van der Waals surface area contributed by atoms with Gasteiger partial charge in [0.1, 0.15) is 5.75 Å². The van der Waals surface area contributed by atoms with Crippen molar-refractivity contribution in [1.29, 1.82) is 0 Å². The normalized spacial score (nSPS) is 12.1. The van der Waals surface area contributed by atoms with Crippen molar-refractivity contribution >= 4 is 9.04 Å². The average molecular weight is 279 g/mol. The van der Waals surface area contributed by atoms with E-state index in [2.05, 4.69) is 54.6 Å². The van der Waals surface area contributed by atoms with Crippen molar-refractivity contribution in [1.82, 2.24) is 0 Å². The van der Waals surface area contributed by atoms with E-state index in [4.69, 9.17) is 4.43 Å². The molecule has 2 nitrogen and oxygen atoms in total. The van der Waals surface area contributed by atoms with E-state index in [9.17, 15) is 5.11 Å². The second kappa shape index (κ2) is 5.67. The fourth-order valence-electron chi connectivity index (χ4n) is 2.96. The Hall–Kier alpha value is -0.803. The van der Waals surface area contributed by atoms with Gasteiger partial charge in [-0.3, -0.25) is 0 Å². The van der Waals surface area contributed by atoms with Crippen LogP contribution in [0.2, 0.25) is 13.1 Å². The van der Waals surface area contributed by atoms with Gasteiger partial charge in [0.2, 0.25) is 0 Å². The Morgan fingerprint density at radius 3 is 1.89 bits per heavy atom. The maximum Gasteiger partial charge on any atom is 0.274 e. The van der Waals surface area contributed by atoms with E-state index < -0.39 is 9.04 Å². The first-order chi connectivity index (χ1) is 8.61. The van der Waals surface area contributed by atoms with Crippen molar-refractivity contribution < 1.29 is 9.53 Å². The van der Waals surface area contributed by atoms with Crippen LogP contribution in [0.15, 0.2) is 0 Å². The lowest BCUT2D eigenvalue weighted by molar-refractivity contribution is 0.279. The highest BCUT2D eigenvalue weighted by molar-refractivity contribution is 6.49. The fourth-order valence-corrected chi connectivity index (χ4v) is 3.68. The zero-order chi connectivity index (χ0) is 15.0. The van der Waals surface area contributed by atoms with E-state index in [0.29, 0.717) is 0 Å². The Morgan fingerprint density at radius 2 is 1.53 bits per heavy atom. The minimum atomic E-state index is -0.811. The van der Waals surface area contributed by atoms with Crippen LogP contribution in [-0.2, 0) is 12.0 Å². The first kappa shape index (κ1) is 16.3. The van der Waals surface area contributed by atoms with Gasteiger partial charge in [-0.2, -0.15) is 0 Å². The van der Waals surface area contributed by atoms with Crippen LogP contribution in [0.1, 0.15) is 48.6 Å². The first-order valence-corrected chi connectivity index (χ1v) is 9.24. The lowest BCUT2D eigenvalue weighted by atomic mass is 9.78. The molecular formula is C16H27O2Si. The van der Waals surface area contributed by atoms with E-state index in [1.54, 1.807) is 0 Å². The molecule has 0 saturated heterocycles. The summed E-state index contributed by atoms with van der Waals surface area (Å²) in [6.45, 7) is 17.3. The number of aliphatic hydroxyl groups excluding tert-OH is 1. The minimum absolute atomic E-state index is 0.0539. The van der Waals surface area contributed by atoms with Crippen molar-refractivity contribution in [2.45, 2.75) is 66.7 Å². The predicted molar refractivity (Wildman–Crippen MR) is 83.4 cm³/mol. The Morgan fingerprint density at radius 1 is 1.00 bits per heavy atom. The zero-order valence-electron chi connectivity index (χ0n) is 13.6. The molecule has 3 heteroatoms. The van der Waals surface area contributed by atoms with E-state index >= 15 is 0 Å². The Balaban J connectivity index is 3.66. The highest BCUT2D eigenvalue weighted by Gasteiger charge is 2.25. The minimum Gasteiger partial charge on any atom is -0.542 e. The Labute approximate surface area is 119 Å². The molecule has 0 heterocycles.